The first-order chi connectivity index (χ1) is 6.81. The van der Waals surface area contributed by atoms with Gasteiger partial charge in [0.1, 0.15) is 0 Å². The maximum atomic E-state index is 12.2. The Kier molecular flexibility index (Phi) is 2.41. The SMILES string of the molecule is CC1(C)c2cc(CO)[se]c2C(C)(C)N1[O]. The summed E-state index contributed by atoms with van der Waals surface area (Å²) in [5.41, 5.74) is 0.274. The van der Waals surface area contributed by atoms with Crippen LogP contribution in [0.25, 0.3) is 0 Å². The molecule has 0 aromatic carbocycles. The molecule has 1 N–H and O–H groups in total. The first-order valence-corrected chi connectivity index (χ1v) is 6.75. The zero-order valence-corrected chi connectivity index (χ0v) is 11.2. The molecule has 3 nitrogen and oxygen atoms in total. The van der Waals surface area contributed by atoms with Crippen LogP contribution in [0.4, 0.5) is 0 Å². The maximum absolute atomic E-state index is 12.2. The number of aliphatic hydroxyl groups is 1. The van der Waals surface area contributed by atoms with Crippen molar-refractivity contribution >= 4 is 14.5 Å². The average molecular weight is 273 g/mol. The van der Waals surface area contributed by atoms with Gasteiger partial charge in [0.2, 0.25) is 0 Å². The molecule has 0 bridgehead atoms. The third-order valence-corrected chi connectivity index (χ3v) is 6.18. The van der Waals surface area contributed by atoms with E-state index in [1.165, 1.54) is 9.50 Å². The van der Waals surface area contributed by atoms with Gasteiger partial charge in [0.15, 0.2) is 0 Å². The van der Waals surface area contributed by atoms with Crippen LogP contribution in [-0.4, -0.2) is 24.7 Å². The van der Waals surface area contributed by atoms with E-state index in [9.17, 15) is 5.21 Å². The molecule has 1 radical (unpaired) electrons. The molecule has 0 aliphatic carbocycles. The summed E-state index contributed by atoms with van der Waals surface area (Å²) in [5, 5.41) is 22.5. The van der Waals surface area contributed by atoms with Crippen molar-refractivity contribution in [3.63, 3.8) is 0 Å². The fraction of sp³-hybridized carbons (Fsp3) is 0.636. The summed E-state index contributed by atoms with van der Waals surface area (Å²) in [6.45, 7) is 7.98. The summed E-state index contributed by atoms with van der Waals surface area (Å²) in [6, 6.07) is 2.02. The van der Waals surface area contributed by atoms with Crippen molar-refractivity contribution in [3.05, 3.63) is 20.5 Å². The molecule has 0 saturated carbocycles. The minimum absolute atomic E-state index is 0.123. The first kappa shape index (κ1) is 11.4. The Balaban J connectivity index is 2.61. The molecule has 4 heteroatoms. The van der Waals surface area contributed by atoms with Crippen LogP contribution in [0.3, 0.4) is 0 Å². The molecule has 0 spiro atoms. The second-order valence-corrected chi connectivity index (χ2v) is 7.41. The van der Waals surface area contributed by atoms with Gasteiger partial charge in [-0.25, -0.2) is 0 Å². The average Bonchev–Trinajstić information content (AvgIpc) is 2.64. The summed E-state index contributed by atoms with van der Waals surface area (Å²) in [7, 11) is 0. The van der Waals surface area contributed by atoms with Gasteiger partial charge in [-0.2, -0.15) is 0 Å². The van der Waals surface area contributed by atoms with E-state index in [0.717, 1.165) is 10.0 Å². The fourth-order valence-electron chi connectivity index (χ4n) is 2.33. The van der Waals surface area contributed by atoms with E-state index in [1.54, 1.807) is 0 Å². The molecule has 1 aromatic heterocycles. The Morgan fingerprint density at radius 2 is 1.93 bits per heavy atom. The molecule has 0 fully saturated rings. The molecule has 1 aliphatic heterocycles. The summed E-state index contributed by atoms with van der Waals surface area (Å²) in [4.78, 5) is 0. The van der Waals surface area contributed by atoms with E-state index in [2.05, 4.69) is 0 Å². The van der Waals surface area contributed by atoms with Crippen molar-refractivity contribution in [1.29, 1.82) is 0 Å². The molecule has 15 heavy (non-hydrogen) atoms. The van der Waals surface area contributed by atoms with Gasteiger partial charge in [0, 0.05) is 0 Å². The third kappa shape index (κ3) is 1.37. The van der Waals surface area contributed by atoms with Gasteiger partial charge in [-0.15, -0.1) is 0 Å². The molecule has 0 saturated heterocycles. The van der Waals surface area contributed by atoms with Crippen LogP contribution in [0.2, 0.25) is 0 Å². The van der Waals surface area contributed by atoms with Crippen LogP contribution in [-0.2, 0) is 22.9 Å². The predicted molar refractivity (Wildman–Crippen MR) is 57.9 cm³/mol. The van der Waals surface area contributed by atoms with E-state index in [0.29, 0.717) is 0 Å². The first-order valence-electron chi connectivity index (χ1n) is 5.04. The van der Waals surface area contributed by atoms with Gasteiger partial charge in [-0.3, -0.25) is 0 Å². The molecule has 0 amide bonds. The molecular weight excluding hydrogens is 257 g/mol. The van der Waals surface area contributed by atoms with E-state index in [1.807, 2.05) is 33.8 Å². The van der Waals surface area contributed by atoms with Crippen LogP contribution in [0.15, 0.2) is 6.07 Å². The second-order valence-electron chi connectivity index (χ2n) is 5.03. The number of rotatable bonds is 1. The Morgan fingerprint density at radius 1 is 1.33 bits per heavy atom. The summed E-state index contributed by atoms with van der Waals surface area (Å²) in [6.07, 6.45) is 0. The van der Waals surface area contributed by atoms with Crippen molar-refractivity contribution < 1.29 is 10.3 Å². The van der Waals surface area contributed by atoms with E-state index < -0.39 is 11.1 Å². The number of hydroxylamine groups is 2. The van der Waals surface area contributed by atoms with Gasteiger partial charge < -0.3 is 0 Å². The number of hydrogen-bond donors (Lipinski definition) is 1. The van der Waals surface area contributed by atoms with E-state index in [4.69, 9.17) is 5.11 Å². The van der Waals surface area contributed by atoms with Crippen LogP contribution in [0.1, 0.15) is 42.1 Å². The monoisotopic (exact) mass is 274 g/mol. The number of hydrogen-bond acceptors (Lipinski definition) is 2. The minimum atomic E-state index is -0.447. The Labute approximate surface area is 96.0 Å². The molecule has 1 aliphatic rings. The van der Waals surface area contributed by atoms with Crippen LogP contribution >= 0.6 is 0 Å². The van der Waals surface area contributed by atoms with Crippen LogP contribution < -0.4 is 0 Å². The molecule has 0 unspecified atom stereocenters. The Bertz CT molecular complexity index is 362. The zero-order valence-electron chi connectivity index (χ0n) is 9.50. The van der Waals surface area contributed by atoms with E-state index >= 15 is 0 Å². The fourth-order valence-corrected chi connectivity index (χ4v) is 4.96. The Hall–Kier alpha value is -0.121. The van der Waals surface area contributed by atoms with Gasteiger partial charge >= 0.3 is 95.8 Å². The van der Waals surface area contributed by atoms with Crippen molar-refractivity contribution in [1.82, 2.24) is 5.06 Å². The third-order valence-electron chi connectivity index (χ3n) is 3.17. The predicted octanol–water partition coefficient (Wildman–Crippen LogP) is 1.37. The molecular formula is C11H16NO2Se. The molecule has 83 valence electrons. The Morgan fingerprint density at radius 3 is 2.40 bits per heavy atom. The summed E-state index contributed by atoms with van der Waals surface area (Å²) >= 11 is 0.157. The van der Waals surface area contributed by atoms with Gasteiger partial charge in [0.25, 0.3) is 0 Å². The summed E-state index contributed by atoms with van der Waals surface area (Å²) < 4.78 is 2.32. The quantitative estimate of drug-likeness (QED) is 0.785. The molecule has 2 heterocycles. The van der Waals surface area contributed by atoms with Crippen molar-refractivity contribution in [2.45, 2.75) is 45.4 Å². The van der Waals surface area contributed by atoms with Gasteiger partial charge in [0.05, 0.1) is 0 Å². The van der Waals surface area contributed by atoms with Crippen LogP contribution in [0.5, 0.6) is 0 Å². The van der Waals surface area contributed by atoms with Gasteiger partial charge in [-0.05, 0) is 0 Å². The van der Waals surface area contributed by atoms with Crippen LogP contribution in [0, 0.1) is 0 Å². The molecule has 0 atom stereocenters. The van der Waals surface area contributed by atoms with Crippen molar-refractivity contribution in [2.24, 2.45) is 0 Å². The molecule has 2 rings (SSSR count). The van der Waals surface area contributed by atoms with Crippen molar-refractivity contribution in [2.75, 3.05) is 0 Å². The number of nitrogens with zero attached hydrogens (tertiary/aromatic N) is 1. The van der Waals surface area contributed by atoms with Gasteiger partial charge in [-0.1, -0.05) is 0 Å². The number of fused-ring (bicyclic) bond motifs is 1. The van der Waals surface area contributed by atoms with Crippen molar-refractivity contribution in [3.8, 4) is 0 Å². The normalized spacial score (nSPS) is 23.1. The molecule has 1 aromatic rings. The zero-order chi connectivity index (χ0) is 11.4. The number of aliphatic hydroxyl groups excluding tert-OH is 1. The summed E-state index contributed by atoms with van der Waals surface area (Å²) in [5.74, 6) is 0. The second kappa shape index (κ2) is 3.19. The topological polar surface area (TPSA) is 43.4 Å². The van der Waals surface area contributed by atoms with E-state index in [-0.39, 0.29) is 21.1 Å². The standard InChI is InChI=1S/C11H16NO2Se/c1-10(2)8-5-7(6-13)15-9(8)11(3,4)12(10)14/h5,13H,6H2,1-4H3.